The number of anilines is 1. The van der Waals surface area contributed by atoms with Gasteiger partial charge in [-0.1, -0.05) is 6.07 Å². The van der Waals surface area contributed by atoms with Crippen molar-refractivity contribution in [2.24, 2.45) is 0 Å². The van der Waals surface area contributed by atoms with Crippen molar-refractivity contribution in [2.75, 3.05) is 12.4 Å². The highest BCUT2D eigenvalue weighted by Crippen LogP contribution is 2.09. The van der Waals surface area contributed by atoms with Gasteiger partial charge in [-0.15, -0.1) is 0 Å². The molecule has 2 aromatic rings. The molecule has 0 spiro atoms. The maximum absolute atomic E-state index is 4.34. The lowest BCUT2D eigenvalue weighted by Gasteiger charge is -2.03. The first kappa shape index (κ1) is 10.6. The molecular formula is C13H15N3. The van der Waals surface area contributed by atoms with Crippen molar-refractivity contribution in [3.63, 3.8) is 0 Å². The van der Waals surface area contributed by atoms with E-state index in [0.29, 0.717) is 0 Å². The van der Waals surface area contributed by atoms with Crippen LogP contribution in [0.5, 0.6) is 0 Å². The monoisotopic (exact) mass is 213 g/mol. The zero-order valence-corrected chi connectivity index (χ0v) is 9.35. The highest BCUT2D eigenvalue weighted by molar-refractivity contribution is 5.42. The van der Waals surface area contributed by atoms with Crippen LogP contribution < -0.4 is 5.32 Å². The third kappa shape index (κ3) is 2.79. The van der Waals surface area contributed by atoms with Crippen LogP contribution in [0.15, 0.2) is 42.9 Å². The quantitative estimate of drug-likeness (QED) is 0.846. The zero-order chi connectivity index (χ0) is 11.2. The molecule has 0 fully saturated rings. The van der Waals surface area contributed by atoms with E-state index in [9.17, 15) is 0 Å². The van der Waals surface area contributed by atoms with Gasteiger partial charge in [0.1, 0.15) is 0 Å². The molecular weight excluding hydrogens is 198 g/mol. The van der Waals surface area contributed by atoms with Crippen molar-refractivity contribution in [1.82, 2.24) is 9.97 Å². The number of nitrogens with zero attached hydrogens (tertiary/aromatic N) is 2. The summed E-state index contributed by atoms with van der Waals surface area (Å²) < 4.78 is 0. The predicted octanol–water partition coefficient (Wildman–Crippen LogP) is 2.30. The molecule has 3 heteroatoms. The lowest BCUT2D eigenvalue weighted by atomic mass is 10.1. The Morgan fingerprint density at radius 2 is 2.12 bits per heavy atom. The summed E-state index contributed by atoms with van der Waals surface area (Å²) in [5.74, 6) is 0. The summed E-state index contributed by atoms with van der Waals surface area (Å²) in [6.45, 7) is 0. The van der Waals surface area contributed by atoms with Gasteiger partial charge in [-0.2, -0.15) is 0 Å². The number of nitrogens with one attached hydrogen (secondary N) is 1. The van der Waals surface area contributed by atoms with Crippen LogP contribution in [0.4, 0.5) is 5.69 Å². The van der Waals surface area contributed by atoms with Gasteiger partial charge in [-0.25, -0.2) is 0 Å². The minimum absolute atomic E-state index is 0.946. The van der Waals surface area contributed by atoms with Gasteiger partial charge >= 0.3 is 0 Å². The summed E-state index contributed by atoms with van der Waals surface area (Å²) in [5.41, 5.74) is 3.46. The van der Waals surface area contributed by atoms with E-state index >= 15 is 0 Å². The lowest BCUT2D eigenvalue weighted by Crippen LogP contribution is -1.96. The molecule has 2 rings (SSSR count). The van der Waals surface area contributed by atoms with Crippen LogP contribution in [-0.4, -0.2) is 17.0 Å². The first-order valence-electron chi connectivity index (χ1n) is 5.40. The summed E-state index contributed by atoms with van der Waals surface area (Å²) in [6, 6.07) is 8.10. The largest absolute Gasteiger partial charge is 0.388 e. The number of aryl methyl sites for hydroxylation is 2. The van der Waals surface area contributed by atoms with E-state index in [1.165, 1.54) is 5.56 Å². The minimum atomic E-state index is 0.946. The smallest absolute Gasteiger partial charge is 0.0427 e. The zero-order valence-electron chi connectivity index (χ0n) is 9.35. The average molecular weight is 213 g/mol. The van der Waals surface area contributed by atoms with Gasteiger partial charge in [0.25, 0.3) is 0 Å². The van der Waals surface area contributed by atoms with Gasteiger partial charge in [-0.05, 0) is 36.6 Å². The van der Waals surface area contributed by atoms with Gasteiger partial charge in [0.05, 0.1) is 0 Å². The van der Waals surface area contributed by atoms with Crippen molar-refractivity contribution in [2.45, 2.75) is 12.8 Å². The molecule has 0 aliphatic heterocycles. The lowest BCUT2D eigenvalue weighted by molar-refractivity contribution is 0.907. The van der Waals surface area contributed by atoms with Crippen LogP contribution in [0.25, 0.3) is 0 Å². The minimum Gasteiger partial charge on any atom is -0.388 e. The van der Waals surface area contributed by atoms with Crippen LogP contribution in [0.3, 0.4) is 0 Å². The SMILES string of the molecule is CNc1ccnc(CCc2cccnc2)c1. The van der Waals surface area contributed by atoms with Crippen molar-refractivity contribution < 1.29 is 0 Å². The number of aromatic nitrogens is 2. The fourth-order valence-corrected chi connectivity index (χ4v) is 1.59. The van der Waals surface area contributed by atoms with E-state index in [4.69, 9.17) is 0 Å². The molecule has 16 heavy (non-hydrogen) atoms. The van der Waals surface area contributed by atoms with Crippen molar-refractivity contribution >= 4 is 5.69 Å². The van der Waals surface area contributed by atoms with Gasteiger partial charge < -0.3 is 5.32 Å². The van der Waals surface area contributed by atoms with Crippen LogP contribution in [0.1, 0.15) is 11.3 Å². The molecule has 1 N–H and O–H groups in total. The Kier molecular flexibility index (Phi) is 3.49. The second kappa shape index (κ2) is 5.26. The molecule has 0 radical (unpaired) electrons. The molecule has 0 atom stereocenters. The molecule has 0 aliphatic carbocycles. The van der Waals surface area contributed by atoms with E-state index in [1.54, 1.807) is 6.20 Å². The maximum Gasteiger partial charge on any atom is 0.0427 e. The van der Waals surface area contributed by atoms with E-state index in [1.807, 2.05) is 31.6 Å². The molecule has 3 nitrogen and oxygen atoms in total. The molecule has 2 aromatic heterocycles. The molecule has 0 aliphatic rings. The number of rotatable bonds is 4. The normalized spacial score (nSPS) is 10.1. The first-order valence-corrected chi connectivity index (χ1v) is 5.40. The Labute approximate surface area is 95.6 Å². The molecule has 2 heterocycles. The molecule has 0 unspecified atom stereocenters. The Balaban J connectivity index is 1.99. The summed E-state index contributed by atoms with van der Waals surface area (Å²) in [6.07, 6.45) is 7.46. The van der Waals surface area contributed by atoms with E-state index in [2.05, 4.69) is 27.4 Å². The topological polar surface area (TPSA) is 37.8 Å². The molecule has 0 saturated carbocycles. The third-order valence-corrected chi connectivity index (χ3v) is 2.50. The van der Waals surface area contributed by atoms with Gasteiger partial charge in [0, 0.05) is 37.0 Å². The molecule has 82 valence electrons. The average Bonchev–Trinajstić information content (AvgIpc) is 2.38. The molecule has 0 amide bonds. The van der Waals surface area contributed by atoms with Gasteiger partial charge in [0.15, 0.2) is 0 Å². The molecule has 0 saturated heterocycles. The van der Waals surface area contributed by atoms with E-state index in [0.717, 1.165) is 24.2 Å². The maximum atomic E-state index is 4.34. The molecule has 0 bridgehead atoms. The van der Waals surface area contributed by atoms with Crippen LogP contribution >= 0.6 is 0 Å². The highest BCUT2D eigenvalue weighted by atomic mass is 14.8. The van der Waals surface area contributed by atoms with Crippen molar-refractivity contribution in [1.29, 1.82) is 0 Å². The number of pyridine rings is 2. The van der Waals surface area contributed by atoms with Crippen LogP contribution in [0, 0.1) is 0 Å². The third-order valence-electron chi connectivity index (χ3n) is 2.50. The fourth-order valence-electron chi connectivity index (χ4n) is 1.59. The standard InChI is InChI=1S/C13H15N3/c1-14-12-6-8-16-13(9-12)5-4-11-3-2-7-15-10-11/h2-3,6-10H,4-5H2,1H3,(H,14,16). The number of hydrogen-bond acceptors (Lipinski definition) is 3. The second-order valence-electron chi connectivity index (χ2n) is 3.65. The summed E-state index contributed by atoms with van der Waals surface area (Å²) >= 11 is 0. The highest BCUT2D eigenvalue weighted by Gasteiger charge is 1.98. The fraction of sp³-hybridized carbons (Fsp3) is 0.231. The summed E-state index contributed by atoms with van der Waals surface area (Å²) in [7, 11) is 1.92. The Morgan fingerprint density at radius 1 is 1.19 bits per heavy atom. The van der Waals surface area contributed by atoms with Gasteiger partial charge in [-0.3, -0.25) is 9.97 Å². The predicted molar refractivity (Wildman–Crippen MR) is 65.4 cm³/mol. The molecule has 0 aromatic carbocycles. The Hall–Kier alpha value is -1.90. The Bertz CT molecular complexity index is 440. The van der Waals surface area contributed by atoms with Crippen LogP contribution in [0.2, 0.25) is 0 Å². The van der Waals surface area contributed by atoms with Crippen LogP contribution in [-0.2, 0) is 12.8 Å². The van der Waals surface area contributed by atoms with Crippen molar-refractivity contribution in [3.05, 3.63) is 54.1 Å². The van der Waals surface area contributed by atoms with E-state index in [-0.39, 0.29) is 0 Å². The second-order valence-corrected chi connectivity index (χ2v) is 3.65. The van der Waals surface area contributed by atoms with Crippen molar-refractivity contribution in [3.8, 4) is 0 Å². The van der Waals surface area contributed by atoms with E-state index < -0.39 is 0 Å². The number of hydrogen-bond donors (Lipinski definition) is 1. The van der Waals surface area contributed by atoms with Gasteiger partial charge in [0.2, 0.25) is 0 Å². The first-order chi connectivity index (χ1) is 7.88. The summed E-state index contributed by atoms with van der Waals surface area (Å²) in [4.78, 5) is 8.44. The summed E-state index contributed by atoms with van der Waals surface area (Å²) in [5, 5.41) is 3.11. The Morgan fingerprint density at radius 3 is 2.88 bits per heavy atom.